The van der Waals surface area contributed by atoms with Crippen LogP contribution in [0.5, 0.6) is 0 Å². The van der Waals surface area contributed by atoms with Gasteiger partial charge >= 0.3 is 5.97 Å². The van der Waals surface area contributed by atoms with Crippen LogP contribution in [0.25, 0.3) is 33.1 Å². The molecule has 1 saturated heterocycles. The molecule has 2 aliphatic heterocycles. The predicted molar refractivity (Wildman–Crippen MR) is 219 cm³/mol. The highest BCUT2D eigenvalue weighted by Crippen LogP contribution is 2.46. The van der Waals surface area contributed by atoms with Crippen molar-refractivity contribution >= 4 is 39.4 Å². The third-order valence-corrected chi connectivity index (χ3v) is 11.2. The van der Waals surface area contributed by atoms with Crippen LogP contribution in [-0.4, -0.2) is 56.8 Å². The van der Waals surface area contributed by atoms with Gasteiger partial charge in [0.15, 0.2) is 11.9 Å². The molecule has 0 aliphatic carbocycles. The summed E-state index contributed by atoms with van der Waals surface area (Å²) in [5, 5.41) is 1.18. The van der Waals surface area contributed by atoms with Gasteiger partial charge in [-0.05, 0) is 116 Å². The van der Waals surface area contributed by atoms with Crippen molar-refractivity contribution in [1.29, 1.82) is 0 Å². The second kappa shape index (κ2) is 14.3. The summed E-state index contributed by atoms with van der Waals surface area (Å²) >= 11 is 0. The molecule has 7 rings (SSSR count). The lowest BCUT2D eigenvalue weighted by Gasteiger charge is -2.41. The molecule has 0 amide bonds. The minimum absolute atomic E-state index is 0.253. The molecular formula is C45H58N6O3. The molecule has 0 radical (unpaired) electrons. The second-order valence-corrected chi connectivity index (χ2v) is 17.5. The van der Waals surface area contributed by atoms with E-state index in [1.807, 2.05) is 41.5 Å². The van der Waals surface area contributed by atoms with E-state index >= 15 is 0 Å². The summed E-state index contributed by atoms with van der Waals surface area (Å²) < 4.78 is 14.9. The normalized spacial score (nSPS) is 16.7. The summed E-state index contributed by atoms with van der Waals surface area (Å²) in [5.74, 6) is 0.613. The maximum absolute atomic E-state index is 14.0. The van der Waals surface area contributed by atoms with Crippen molar-refractivity contribution in [2.45, 2.75) is 126 Å². The Hall–Kier alpha value is -4.50. The van der Waals surface area contributed by atoms with Gasteiger partial charge in [-0.15, -0.1) is 0 Å². The van der Waals surface area contributed by atoms with Crippen LogP contribution in [0.4, 0.5) is 11.5 Å². The van der Waals surface area contributed by atoms with E-state index in [4.69, 9.17) is 24.4 Å². The number of nitrogens with zero attached hydrogens (tertiary/aromatic N) is 6. The fourth-order valence-corrected chi connectivity index (χ4v) is 8.50. The second-order valence-electron chi connectivity index (χ2n) is 17.5. The third kappa shape index (κ3) is 7.19. The quantitative estimate of drug-likeness (QED) is 0.146. The van der Waals surface area contributed by atoms with Crippen molar-refractivity contribution in [1.82, 2.24) is 19.5 Å². The Morgan fingerprint density at radius 1 is 0.926 bits per heavy atom. The number of aryl methyl sites for hydroxylation is 4. The molecule has 0 spiro atoms. The highest BCUT2D eigenvalue weighted by atomic mass is 16.6. The van der Waals surface area contributed by atoms with E-state index < -0.39 is 11.7 Å². The Balaban J connectivity index is 1.32. The monoisotopic (exact) mass is 730 g/mol. The summed E-state index contributed by atoms with van der Waals surface area (Å²) in [6, 6.07) is 13.5. The lowest BCUT2D eigenvalue weighted by Crippen LogP contribution is -2.39. The van der Waals surface area contributed by atoms with Crippen LogP contribution in [0.1, 0.15) is 108 Å². The highest BCUT2D eigenvalue weighted by molar-refractivity contribution is 6.09. The largest absolute Gasteiger partial charge is 0.461 e. The van der Waals surface area contributed by atoms with Crippen LogP contribution in [0, 0.1) is 26.2 Å². The number of carbonyl (C=O) groups excluding carboxylic acids is 1. The van der Waals surface area contributed by atoms with Crippen molar-refractivity contribution in [2.75, 3.05) is 29.4 Å². The van der Waals surface area contributed by atoms with Gasteiger partial charge in [-0.25, -0.2) is 14.8 Å². The van der Waals surface area contributed by atoms with Gasteiger partial charge in [0.05, 0.1) is 22.9 Å². The Labute approximate surface area is 321 Å². The molecule has 3 aromatic heterocycles. The van der Waals surface area contributed by atoms with Crippen LogP contribution in [0.15, 0.2) is 42.7 Å². The summed E-state index contributed by atoms with van der Waals surface area (Å²) in [5.41, 5.74) is 12.6. The number of anilines is 2. The van der Waals surface area contributed by atoms with Gasteiger partial charge in [-0.2, -0.15) is 0 Å². The lowest BCUT2D eigenvalue weighted by molar-refractivity contribution is -0.171. The van der Waals surface area contributed by atoms with E-state index in [-0.39, 0.29) is 17.5 Å². The number of hydrogen-bond donors (Lipinski definition) is 0. The molecule has 0 saturated carbocycles. The number of aromatic nitrogens is 4. The molecule has 0 N–H and O–H groups in total. The number of benzene rings is 2. The molecular weight excluding hydrogens is 673 g/mol. The van der Waals surface area contributed by atoms with Crippen molar-refractivity contribution in [3.63, 3.8) is 0 Å². The summed E-state index contributed by atoms with van der Waals surface area (Å²) in [7, 11) is 0. The van der Waals surface area contributed by atoms with Crippen molar-refractivity contribution in [3.05, 3.63) is 76.4 Å². The topological polar surface area (TPSA) is 85.6 Å². The van der Waals surface area contributed by atoms with Crippen molar-refractivity contribution in [3.8, 4) is 11.1 Å². The molecule has 9 nitrogen and oxygen atoms in total. The average Bonchev–Trinajstić information content (AvgIpc) is 3.42. The first-order chi connectivity index (χ1) is 25.5. The number of ether oxygens (including phenoxy) is 2. The molecule has 5 heterocycles. The third-order valence-electron chi connectivity index (χ3n) is 11.2. The Morgan fingerprint density at radius 3 is 2.35 bits per heavy atom. The van der Waals surface area contributed by atoms with Crippen LogP contribution >= 0.6 is 0 Å². The van der Waals surface area contributed by atoms with E-state index in [9.17, 15) is 4.79 Å². The zero-order chi connectivity index (χ0) is 38.7. The number of carbonyl (C=O) groups is 1. The predicted octanol–water partition coefficient (Wildman–Crippen LogP) is 9.59. The van der Waals surface area contributed by atoms with Gasteiger partial charge < -0.3 is 23.8 Å². The molecule has 2 aliphatic rings. The fraction of sp³-hybridized carbons (Fsp3) is 0.511. The number of piperidine rings is 1. The van der Waals surface area contributed by atoms with Crippen LogP contribution in [-0.2, 0) is 33.8 Å². The standard InChI is InChI=1S/C45H58N6O3/c1-12-51-35-16-13-28(4)23-34(35)38-40(51)42(47-26-46-38)50-20-17-31-24-32(14-15-33(31)25-50)36-29(5)48-30(6)37(39(36)49-21-18-45(10,11)19-22-49)41(54-44(7,8)9)43(52)53-27(2)3/h13-16,23-24,26-27,41H,12,17-22,25H2,1-11H3. The molecule has 1 atom stereocenters. The SMILES string of the molecule is CCn1c2ccc(C)cc2c2ncnc(N3CCc4cc(-c5c(C)nc(C)c(C(OC(C)(C)C)C(=O)OC(C)C)c5N5CCC(C)(C)CC5)ccc4C3)c21. The zero-order valence-electron chi connectivity index (χ0n) is 34.3. The molecule has 2 aromatic carbocycles. The van der Waals surface area contributed by atoms with Gasteiger partial charge in [0.25, 0.3) is 0 Å². The van der Waals surface area contributed by atoms with E-state index in [2.05, 4.69) is 85.4 Å². The number of pyridine rings is 1. The van der Waals surface area contributed by atoms with Gasteiger partial charge in [-0.1, -0.05) is 43.7 Å². The van der Waals surface area contributed by atoms with Crippen LogP contribution < -0.4 is 9.80 Å². The first-order valence-electron chi connectivity index (χ1n) is 19.8. The molecule has 5 aromatic rings. The number of esters is 1. The summed E-state index contributed by atoms with van der Waals surface area (Å²) in [6.07, 6.45) is 3.53. The van der Waals surface area contributed by atoms with E-state index in [1.165, 1.54) is 27.6 Å². The molecule has 54 heavy (non-hydrogen) atoms. The highest BCUT2D eigenvalue weighted by Gasteiger charge is 2.38. The van der Waals surface area contributed by atoms with Gasteiger partial charge in [0, 0.05) is 60.6 Å². The number of rotatable bonds is 8. The minimum atomic E-state index is -0.914. The van der Waals surface area contributed by atoms with Gasteiger partial charge in [0.2, 0.25) is 0 Å². The zero-order valence-corrected chi connectivity index (χ0v) is 34.3. The lowest BCUT2D eigenvalue weighted by atomic mass is 9.81. The molecule has 0 bridgehead atoms. The van der Waals surface area contributed by atoms with Gasteiger partial charge in [-0.3, -0.25) is 4.98 Å². The van der Waals surface area contributed by atoms with Gasteiger partial charge in [0.1, 0.15) is 17.4 Å². The maximum Gasteiger partial charge on any atom is 0.340 e. The Bertz CT molecular complexity index is 2220. The van der Waals surface area contributed by atoms with E-state index in [0.29, 0.717) is 0 Å². The fourth-order valence-electron chi connectivity index (χ4n) is 8.50. The van der Waals surface area contributed by atoms with E-state index in [1.54, 1.807) is 6.33 Å². The molecule has 1 unspecified atom stereocenters. The van der Waals surface area contributed by atoms with Crippen molar-refractivity contribution in [2.24, 2.45) is 5.41 Å². The van der Waals surface area contributed by atoms with Crippen LogP contribution in [0.2, 0.25) is 0 Å². The Morgan fingerprint density at radius 2 is 1.67 bits per heavy atom. The minimum Gasteiger partial charge on any atom is -0.461 e. The van der Waals surface area contributed by atoms with Crippen molar-refractivity contribution < 1.29 is 14.3 Å². The summed E-state index contributed by atoms with van der Waals surface area (Å²) in [4.78, 5) is 33.7. The average molecular weight is 731 g/mol. The smallest absolute Gasteiger partial charge is 0.340 e. The van der Waals surface area contributed by atoms with Crippen LogP contribution in [0.3, 0.4) is 0 Å². The first-order valence-corrected chi connectivity index (χ1v) is 19.8. The maximum atomic E-state index is 14.0. The number of fused-ring (bicyclic) bond motifs is 4. The Kier molecular flexibility index (Phi) is 10.0. The number of hydrogen-bond acceptors (Lipinski definition) is 8. The first kappa shape index (κ1) is 37.8. The van der Waals surface area contributed by atoms with E-state index in [0.717, 1.165) is 103 Å². The molecule has 286 valence electrons. The molecule has 1 fully saturated rings. The summed E-state index contributed by atoms with van der Waals surface area (Å²) in [6.45, 7) is 27.1. The molecule has 9 heteroatoms.